The van der Waals surface area contributed by atoms with Crippen molar-refractivity contribution < 1.29 is 22.7 Å². The minimum atomic E-state index is -2.89. The summed E-state index contributed by atoms with van der Waals surface area (Å²) >= 11 is 0. The fourth-order valence-electron chi connectivity index (χ4n) is 4.64. The molecule has 2 aromatic heterocycles. The molecular weight excluding hydrogens is 483 g/mol. The molecule has 1 amide bonds. The van der Waals surface area contributed by atoms with Crippen molar-refractivity contribution in [3.8, 4) is 17.0 Å². The largest absolute Gasteiger partial charge is 0.435 e. The molecule has 0 unspecified atom stereocenters. The molecule has 1 saturated heterocycles. The summed E-state index contributed by atoms with van der Waals surface area (Å²) in [5.41, 5.74) is 3.14. The third-order valence-corrected chi connectivity index (χ3v) is 6.62. The molecule has 0 bridgehead atoms. The van der Waals surface area contributed by atoms with Crippen molar-refractivity contribution >= 4 is 22.8 Å². The van der Waals surface area contributed by atoms with E-state index in [1.807, 2.05) is 24.0 Å². The predicted molar refractivity (Wildman–Crippen MR) is 134 cm³/mol. The Balaban J connectivity index is 1.23. The van der Waals surface area contributed by atoms with Crippen LogP contribution in [0.1, 0.15) is 24.8 Å². The Hall–Kier alpha value is -4.08. The zero-order chi connectivity index (χ0) is 25.9. The monoisotopic (exact) mass is 509 g/mol. The standard InChI is InChI=1S/C27H26F3N5O2/c1-17(19-3-2-4-21(14-19)37-27(29)30)13-24(36)34-9-11-35(12-10-34)26-22-15-23(33-25(22)31-16-32-26)18-5-7-20(28)8-6-18/h2-8,14-17,27H,9-13H2,1H3,(H,31,32,33)/t17-/m1/s1. The van der Waals surface area contributed by atoms with Gasteiger partial charge in [-0.1, -0.05) is 19.1 Å². The van der Waals surface area contributed by atoms with Gasteiger partial charge in [-0.05, 0) is 59.5 Å². The molecule has 1 aliphatic rings. The van der Waals surface area contributed by atoms with Crippen LogP contribution < -0.4 is 9.64 Å². The van der Waals surface area contributed by atoms with Gasteiger partial charge in [-0.15, -0.1) is 0 Å². The summed E-state index contributed by atoms with van der Waals surface area (Å²) in [4.78, 5) is 29.1. The lowest BCUT2D eigenvalue weighted by molar-refractivity contribution is -0.131. The second-order valence-electron chi connectivity index (χ2n) is 9.07. The lowest BCUT2D eigenvalue weighted by Gasteiger charge is -2.36. The van der Waals surface area contributed by atoms with Gasteiger partial charge in [0.05, 0.1) is 5.39 Å². The Morgan fingerprint density at radius 3 is 2.54 bits per heavy atom. The summed E-state index contributed by atoms with van der Waals surface area (Å²) in [6, 6.07) is 14.7. The first-order chi connectivity index (χ1) is 17.9. The van der Waals surface area contributed by atoms with Crippen LogP contribution in [-0.4, -0.2) is 58.5 Å². The van der Waals surface area contributed by atoms with Gasteiger partial charge in [0.1, 0.15) is 29.4 Å². The minimum absolute atomic E-state index is 0.0143. The Kier molecular flexibility index (Phi) is 6.98. The molecule has 1 fully saturated rings. The molecule has 2 aromatic carbocycles. The zero-order valence-electron chi connectivity index (χ0n) is 20.2. The van der Waals surface area contributed by atoms with Crippen LogP contribution in [0.3, 0.4) is 0 Å². The van der Waals surface area contributed by atoms with Crippen LogP contribution in [-0.2, 0) is 4.79 Å². The van der Waals surface area contributed by atoms with Gasteiger partial charge < -0.3 is 19.5 Å². The van der Waals surface area contributed by atoms with Crippen LogP contribution in [0.4, 0.5) is 19.0 Å². The number of alkyl halides is 2. The first-order valence-electron chi connectivity index (χ1n) is 12.0. The molecule has 5 rings (SSSR count). The van der Waals surface area contributed by atoms with Crippen LogP contribution in [0, 0.1) is 5.82 Å². The Bertz CT molecular complexity index is 1380. The molecule has 37 heavy (non-hydrogen) atoms. The molecule has 0 radical (unpaired) electrons. The van der Waals surface area contributed by atoms with Crippen molar-refractivity contribution in [1.29, 1.82) is 0 Å². The SMILES string of the molecule is C[C@H](CC(=O)N1CCN(c2ncnc3[nH]c(-c4ccc(F)cc4)cc23)CC1)c1cccc(OC(F)F)c1. The normalized spacial score (nSPS) is 14.8. The number of ether oxygens (including phenoxy) is 1. The average molecular weight is 510 g/mol. The molecule has 0 saturated carbocycles. The lowest BCUT2D eigenvalue weighted by Crippen LogP contribution is -2.49. The molecule has 0 aliphatic carbocycles. The van der Waals surface area contributed by atoms with Gasteiger partial charge in [-0.2, -0.15) is 8.78 Å². The highest BCUT2D eigenvalue weighted by Crippen LogP contribution is 2.30. The molecule has 1 aliphatic heterocycles. The van der Waals surface area contributed by atoms with E-state index in [1.165, 1.54) is 24.5 Å². The number of anilines is 1. The first-order valence-corrected chi connectivity index (χ1v) is 12.0. The van der Waals surface area contributed by atoms with E-state index in [1.54, 1.807) is 24.3 Å². The highest BCUT2D eigenvalue weighted by Gasteiger charge is 2.25. The number of fused-ring (bicyclic) bond motifs is 1. The van der Waals surface area contributed by atoms with E-state index in [9.17, 15) is 18.0 Å². The van der Waals surface area contributed by atoms with E-state index in [0.29, 0.717) is 31.8 Å². The van der Waals surface area contributed by atoms with Gasteiger partial charge in [-0.25, -0.2) is 14.4 Å². The number of aromatic amines is 1. The number of carbonyl (C=O) groups excluding carboxylic acids is 1. The topological polar surface area (TPSA) is 74.4 Å². The number of hydrogen-bond donors (Lipinski definition) is 1. The van der Waals surface area contributed by atoms with E-state index in [0.717, 1.165) is 28.0 Å². The smallest absolute Gasteiger partial charge is 0.387 e. The number of benzene rings is 2. The highest BCUT2D eigenvalue weighted by molar-refractivity contribution is 5.92. The number of piperazine rings is 1. The number of carbonyl (C=O) groups is 1. The van der Waals surface area contributed by atoms with Gasteiger partial charge in [-0.3, -0.25) is 4.79 Å². The predicted octanol–water partition coefficient (Wildman–Crippen LogP) is 5.21. The second kappa shape index (κ2) is 10.5. The molecule has 1 N–H and O–H groups in total. The molecule has 10 heteroatoms. The minimum Gasteiger partial charge on any atom is -0.435 e. The number of nitrogens with one attached hydrogen (secondary N) is 1. The van der Waals surface area contributed by atoms with Gasteiger partial charge in [0.2, 0.25) is 5.91 Å². The number of aromatic nitrogens is 3. The van der Waals surface area contributed by atoms with Gasteiger partial charge in [0.15, 0.2) is 0 Å². The molecule has 192 valence electrons. The number of nitrogens with zero attached hydrogens (tertiary/aromatic N) is 4. The summed E-state index contributed by atoms with van der Waals surface area (Å²) < 4.78 is 42.9. The summed E-state index contributed by atoms with van der Waals surface area (Å²) in [5, 5.41) is 0.862. The molecule has 4 aromatic rings. The van der Waals surface area contributed by atoms with Crippen LogP contribution >= 0.6 is 0 Å². The highest BCUT2D eigenvalue weighted by atomic mass is 19.3. The zero-order valence-corrected chi connectivity index (χ0v) is 20.2. The van der Waals surface area contributed by atoms with Gasteiger partial charge in [0.25, 0.3) is 0 Å². The van der Waals surface area contributed by atoms with Gasteiger partial charge >= 0.3 is 6.61 Å². The van der Waals surface area contributed by atoms with Crippen LogP contribution in [0.5, 0.6) is 5.75 Å². The van der Waals surface area contributed by atoms with E-state index in [-0.39, 0.29) is 29.8 Å². The maximum Gasteiger partial charge on any atom is 0.387 e. The van der Waals surface area contributed by atoms with E-state index >= 15 is 0 Å². The summed E-state index contributed by atoms with van der Waals surface area (Å²) in [7, 11) is 0. The lowest BCUT2D eigenvalue weighted by atomic mass is 9.97. The van der Waals surface area contributed by atoms with Crippen molar-refractivity contribution in [1.82, 2.24) is 19.9 Å². The Morgan fingerprint density at radius 1 is 1.05 bits per heavy atom. The maximum absolute atomic E-state index is 13.3. The number of amides is 1. The van der Waals surface area contributed by atoms with Crippen LogP contribution in [0.25, 0.3) is 22.3 Å². The number of halogens is 3. The van der Waals surface area contributed by atoms with Gasteiger partial charge in [0, 0.05) is 38.3 Å². The summed E-state index contributed by atoms with van der Waals surface area (Å²) in [6.07, 6.45) is 1.78. The Labute approximate surface area is 211 Å². The third kappa shape index (κ3) is 5.52. The van der Waals surface area contributed by atoms with Crippen molar-refractivity contribution in [3.63, 3.8) is 0 Å². The van der Waals surface area contributed by atoms with Crippen LogP contribution in [0.2, 0.25) is 0 Å². The molecular formula is C27H26F3N5O2. The molecule has 3 heterocycles. The fraction of sp³-hybridized carbons (Fsp3) is 0.296. The fourth-order valence-corrected chi connectivity index (χ4v) is 4.64. The van der Waals surface area contributed by atoms with Crippen molar-refractivity contribution in [3.05, 3.63) is 72.3 Å². The van der Waals surface area contributed by atoms with Crippen molar-refractivity contribution in [2.75, 3.05) is 31.1 Å². The molecule has 1 atom stereocenters. The van der Waals surface area contributed by atoms with E-state index < -0.39 is 6.61 Å². The van der Waals surface area contributed by atoms with E-state index in [4.69, 9.17) is 0 Å². The number of hydrogen-bond acceptors (Lipinski definition) is 5. The average Bonchev–Trinajstić information content (AvgIpc) is 3.33. The first kappa shape index (κ1) is 24.6. The summed E-state index contributed by atoms with van der Waals surface area (Å²) in [5.74, 6) is 0.449. The van der Waals surface area contributed by atoms with E-state index in [2.05, 4.69) is 24.6 Å². The number of rotatable bonds is 7. The van der Waals surface area contributed by atoms with Crippen molar-refractivity contribution in [2.45, 2.75) is 25.9 Å². The quantitative estimate of drug-likeness (QED) is 0.370. The Morgan fingerprint density at radius 2 is 1.81 bits per heavy atom. The molecule has 7 nitrogen and oxygen atoms in total. The van der Waals surface area contributed by atoms with Crippen molar-refractivity contribution in [2.24, 2.45) is 0 Å². The van der Waals surface area contributed by atoms with Crippen LogP contribution in [0.15, 0.2) is 60.9 Å². The third-order valence-electron chi connectivity index (χ3n) is 6.62. The maximum atomic E-state index is 13.3. The summed E-state index contributed by atoms with van der Waals surface area (Å²) in [6.45, 7) is 1.32. The second-order valence-corrected chi connectivity index (χ2v) is 9.07. The number of H-pyrrole nitrogens is 1. The molecule has 0 spiro atoms.